The Kier molecular flexibility index (Phi) is 4.12. The van der Waals surface area contributed by atoms with Crippen LogP contribution in [0.5, 0.6) is 0 Å². The maximum Gasteiger partial charge on any atom is 0.245 e. The van der Waals surface area contributed by atoms with Gasteiger partial charge in [0.05, 0.1) is 0 Å². The average Bonchev–Trinajstić information content (AvgIpc) is 2.53. The van der Waals surface area contributed by atoms with E-state index in [1.54, 1.807) is 0 Å². The van der Waals surface area contributed by atoms with Gasteiger partial charge in [-0.15, -0.1) is 0 Å². The molecule has 5 aliphatic rings. The standard InChI is InChI=1S/C20H32N2O2/c1-13-5-3-4-6-22(13)18(23)14(2)21-19(24)20-10-15-7-16(11-20)9-17(8-15)12-20/h13-17H,3-12H2,1-2H3,(H,21,24)/t13-,14+,15?,16?,17?,20?/m0/s1. The number of likely N-dealkylation sites (tertiary alicyclic amines) is 1. The lowest BCUT2D eigenvalue weighted by Gasteiger charge is -2.55. The lowest BCUT2D eigenvalue weighted by Crippen LogP contribution is -2.58. The summed E-state index contributed by atoms with van der Waals surface area (Å²) in [5.41, 5.74) is -0.156. The van der Waals surface area contributed by atoms with Crippen LogP contribution in [0.3, 0.4) is 0 Å². The Morgan fingerprint density at radius 1 is 1.04 bits per heavy atom. The predicted molar refractivity (Wildman–Crippen MR) is 93.2 cm³/mol. The molecule has 134 valence electrons. The minimum absolute atomic E-state index is 0.111. The van der Waals surface area contributed by atoms with E-state index < -0.39 is 0 Å². The molecule has 5 fully saturated rings. The first-order chi connectivity index (χ1) is 11.5. The molecule has 4 heteroatoms. The van der Waals surface area contributed by atoms with Gasteiger partial charge < -0.3 is 10.2 Å². The van der Waals surface area contributed by atoms with E-state index in [0.29, 0.717) is 6.04 Å². The number of nitrogens with zero attached hydrogens (tertiary/aromatic N) is 1. The van der Waals surface area contributed by atoms with Crippen molar-refractivity contribution < 1.29 is 9.59 Å². The third kappa shape index (κ3) is 2.76. The second-order valence-electron chi connectivity index (χ2n) is 9.27. The molecule has 0 radical (unpaired) electrons. The lowest BCUT2D eigenvalue weighted by atomic mass is 9.49. The maximum absolute atomic E-state index is 13.1. The molecule has 0 aromatic carbocycles. The minimum Gasteiger partial charge on any atom is -0.344 e. The normalized spacial score (nSPS) is 42.0. The molecule has 0 aromatic heterocycles. The van der Waals surface area contributed by atoms with Crippen molar-refractivity contribution in [3.63, 3.8) is 0 Å². The zero-order valence-corrected chi connectivity index (χ0v) is 15.2. The number of amides is 2. The predicted octanol–water partition coefficient (Wildman–Crippen LogP) is 3.11. The van der Waals surface area contributed by atoms with E-state index in [1.807, 2.05) is 11.8 Å². The number of hydrogen-bond acceptors (Lipinski definition) is 2. The number of carbonyl (C=O) groups is 2. The zero-order chi connectivity index (χ0) is 16.9. The quantitative estimate of drug-likeness (QED) is 0.863. The van der Waals surface area contributed by atoms with Crippen LogP contribution in [0.15, 0.2) is 0 Å². The highest BCUT2D eigenvalue weighted by Gasteiger charge is 2.54. The van der Waals surface area contributed by atoms with E-state index in [1.165, 1.54) is 25.7 Å². The largest absolute Gasteiger partial charge is 0.344 e. The molecule has 1 aliphatic heterocycles. The SMILES string of the molecule is C[C@@H](NC(=O)C12CC3CC(CC(C3)C1)C2)C(=O)N1CCCC[C@@H]1C. The summed E-state index contributed by atoms with van der Waals surface area (Å²) in [6.07, 6.45) is 10.6. The van der Waals surface area contributed by atoms with Gasteiger partial charge in [-0.05, 0) is 89.4 Å². The topological polar surface area (TPSA) is 49.4 Å². The van der Waals surface area contributed by atoms with E-state index in [-0.39, 0.29) is 23.3 Å². The molecule has 24 heavy (non-hydrogen) atoms. The third-order valence-electron chi connectivity index (χ3n) is 7.32. The molecular weight excluding hydrogens is 300 g/mol. The second kappa shape index (κ2) is 6.03. The molecule has 0 aromatic rings. The summed E-state index contributed by atoms with van der Waals surface area (Å²) >= 11 is 0. The molecule has 1 saturated heterocycles. The second-order valence-corrected chi connectivity index (χ2v) is 9.27. The molecule has 4 aliphatic carbocycles. The van der Waals surface area contributed by atoms with Crippen LogP contribution in [0, 0.1) is 23.2 Å². The molecular formula is C20H32N2O2. The third-order valence-corrected chi connectivity index (χ3v) is 7.32. The molecule has 2 atom stereocenters. The van der Waals surface area contributed by atoms with Crippen LogP contribution in [0.4, 0.5) is 0 Å². The summed E-state index contributed by atoms with van der Waals surface area (Å²) in [7, 11) is 0. The Labute approximate surface area is 145 Å². The lowest BCUT2D eigenvalue weighted by molar-refractivity contribution is -0.150. The van der Waals surface area contributed by atoms with Crippen molar-refractivity contribution in [1.29, 1.82) is 0 Å². The number of nitrogens with one attached hydrogen (secondary N) is 1. The summed E-state index contributed by atoms with van der Waals surface area (Å²) in [6.45, 7) is 4.85. The van der Waals surface area contributed by atoms with E-state index in [2.05, 4.69) is 12.2 Å². The van der Waals surface area contributed by atoms with E-state index in [4.69, 9.17) is 0 Å². The number of carbonyl (C=O) groups excluding carboxylic acids is 2. The van der Waals surface area contributed by atoms with Crippen LogP contribution in [0.1, 0.15) is 71.6 Å². The molecule has 2 amide bonds. The first-order valence-corrected chi connectivity index (χ1v) is 10.1. The average molecular weight is 332 g/mol. The molecule has 1 heterocycles. The van der Waals surface area contributed by atoms with E-state index in [0.717, 1.165) is 56.4 Å². The molecule has 1 N–H and O–H groups in total. The first kappa shape index (κ1) is 16.4. The van der Waals surface area contributed by atoms with Gasteiger partial charge in [-0.3, -0.25) is 9.59 Å². The van der Waals surface area contributed by atoms with Crippen molar-refractivity contribution in [2.75, 3.05) is 6.54 Å². The fraction of sp³-hybridized carbons (Fsp3) is 0.900. The fourth-order valence-electron chi connectivity index (χ4n) is 6.47. The smallest absolute Gasteiger partial charge is 0.245 e. The highest BCUT2D eigenvalue weighted by atomic mass is 16.2. The van der Waals surface area contributed by atoms with Crippen LogP contribution in [-0.2, 0) is 9.59 Å². The number of rotatable bonds is 3. The van der Waals surface area contributed by atoms with Crippen LogP contribution in [0.25, 0.3) is 0 Å². The van der Waals surface area contributed by atoms with Gasteiger partial charge in [0.25, 0.3) is 0 Å². The Morgan fingerprint density at radius 3 is 2.17 bits per heavy atom. The fourth-order valence-corrected chi connectivity index (χ4v) is 6.47. The monoisotopic (exact) mass is 332 g/mol. The number of piperidine rings is 1. The van der Waals surface area contributed by atoms with Gasteiger partial charge in [-0.1, -0.05) is 0 Å². The van der Waals surface area contributed by atoms with Gasteiger partial charge in [0, 0.05) is 18.0 Å². The summed E-state index contributed by atoms with van der Waals surface area (Å²) in [6, 6.07) is -0.0730. The Bertz CT molecular complexity index is 494. The van der Waals surface area contributed by atoms with Gasteiger partial charge >= 0.3 is 0 Å². The van der Waals surface area contributed by atoms with Crippen LogP contribution in [-0.4, -0.2) is 35.3 Å². The summed E-state index contributed by atoms with van der Waals surface area (Å²) < 4.78 is 0. The van der Waals surface area contributed by atoms with Crippen LogP contribution in [0.2, 0.25) is 0 Å². The van der Waals surface area contributed by atoms with Gasteiger partial charge in [-0.25, -0.2) is 0 Å². The zero-order valence-electron chi connectivity index (χ0n) is 15.2. The first-order valence-electron chi connectivity index (χ1n) is 10.1. The molecule has 4 saturated carbocycles. The van der Waals surface area contributed by atoms with Crippen LogP contribution >= 0.6 is 0 Å². The molecule has 0 spiro atoms. The van der Waals surface area contributed by atoms with Gasteiger partial charge in [0.1, 0.15) is 6.04 Å². The molecule has 4 nitrogen and oxygen atoms in total. The van der Waals surface area contributed by atoms with Gasteiger partial charge in [-0.2, -0.15) is 0 Å². The summed E-state index contributed by atoms with van der Waals surface area (Å²) in [5.74, 6) is 2.56. The maximum atomic E-state index is 13.1. The van der Waals surface area contributed by atoms with Gasteiger partial charge in [0.15, 0.2) is 0 Å². The number of hydrogen-bond donors (Lipinski definition) is 1. The minimum atomic E-state index is -0.383. The van der Waals surface area contributed by atoms with Crippen molar-refractivity contribution >= 4 is 11.8 Å². The summed E-state index contributed by atoms with van der Waals surface area (Å²) in [5, 5.41) is 3.12. The van der Waals surface area contributed by atoms with Crippen molar-refractivity contribution in [3.05, 3.63) is 0 Å². The Balaban J connectivity index is 1.41. The van der Waals surface area contributed by atoms with Gasteiger partial charge in [0.2, 0.25) is 11.8 Å². The van der Waals surface area contributed by atoms with Crippen molar-refractivity contribution in [1.82, 2.24) is 10.2 Å². The highest BCUT2D eigenvalue weighted by Crippen LogP contribution is 2.60. The Morgan fingerprint density at radius 2 is 1.62 bits per heavy atom. The van der Waals surface area contributed by atoms with Crippen molar-refractivity contribution in [2.24, 2.45) is 23.2 Å². The molecule has 0 unspecified atom stereocenters. The molecule has 5 rings (SSSR count). The molecule has 4 bridgehead atoms. The van der Waals surface area contributed by atoms with E-state index >= 15 is 0 Å². The summed E-state index contributed by atoms with van der Waals surface area (Å²) in [4.78, 5) is 27.9. The van der Waals surface area contributed by atoms with Crippen LogP contribution < -0.4 is 5.32 Å². The highest BCUT2D eigenvalue weighted by molar-refractivity contribution is 5.90. The van der Waals surface area contributed by atoms with Crippen molar-refractivity contribution in [2.45, 2.75) is 83.7 Å². The van der Waals surface area contributed by atoms with Crippen molar-refractivity contribution in [3.8, 4) is 0 Å². The Hall–Kier alpha value is -1.06. The van der Waals surface area contributed by atoms with E-state index in [9.17, 15) is 9.59 Å².